The van der Waals surface area contributed by atoms with Crippen molar-refractivity contribution in [1.82, 2.24) is 4.98 Å². The van der Waals surface area contributed by atoms with Gasteiger partial charge in [0, 0.05) is 26.0 Å². The number of rotatable bonds is 3. The van der Waals surface area contributed by atoms with E-state index >= 15 is 0 Å². The second kappa shape index (κ2) is 5.66. The molecular formula is C15H12N4. The molecule has 1 heterocycles. The van der Waals surface area contributed by atoms with Crippen molar-refractivity contribution in [3.63, 3.8) is 0 Å². The second-order valence-electron chi connectivity index (χ2n) is 4.14. The van der Waals surface area contributed by atoms with Crippen LogP contribution in [0.25, 0.3) is 0 Å². The van der Waals surface area contributed by atoms with E-state index in [0.29, 0.717) is 23.4 Å². The van der Waals surface area contributed by atoms with Crippen LogP contribution in [0.15, 0.2) is 42.7 Å². The van der Waals surface area contributed by atoms with Crippen molar-refractivity contribution in [2.24, 2.45) is 0 Å². The second-order valence-corrected chi connectivity index (χ2v) is 4.14. The van der Waals surface area contributed by atoms with Gasteiger partial charge in [0.1, 0.15) is 12.1 Å². The number of hydrogen-bond donors (Lipinski definition) is 0. The third kappa shape index (κ3) is 2.70. The van der Waals surface area contributed by atoms with E-state index in [2.05, 4.69) is 17.1 Å². The Balaban J connectivity index is 2.37. The summed E-state index contributed by atoms with van der Waals surface area (Å²) in [5.74, 6) is 0. The molecule has 0 saturated heterocycles. The van der Waals surface area contributed by atoms with E-state index in [1.54, 1.807) is 30.6 Å². The molecule has 1 aromatic heterocycles. The van der Waals surface area contributed by atoms with Crippen molar-refractivity contribution in [2.45, 2.75) is 6.54 Å². The van der Waals surface area contributed by atoms with Crippen LogP contribution < -0.4 is 4.90 Å². The Kier molecular flexibility index (Phi) is 3.75. The first-order valence-corrected chi connectivity index (χ1v) is 5.79. The lowest BCUT2D eigenvalue weighted by molar-refractivity contribution is 0.911. The Morgan fingerprint density at radius 1 is 1.11 bits per heavy atom. The summed E-state index contributed by atoms with van der Waals surface area (Å²) in [6.07, 6.45) is 3.49. The molecule has 0 spiro atoms. The third-order valence-electron chi connectivity index (χ3n) is 2.80. The van der Waals surface area contributed by atoms with Gasteiger partial charge in [-0.05, 0) is 23.8 Å². The van der Waals surface area contributed by atoms with Gasteiger partial charge in [-0.25, -0.2) is 0 Å². The van der Waals surface area contributed by atoms with Gasteiger partial charge in [0.05, 0.1) is 16.8 Å². The summed E-state index contributed by atoms with van der Waals surface area (Å²) in [6, 6.07) is 13.2. The van der Waals surface area contributed by atoms with Crippen molar-refractivity contribution in [3.8, 4) is 12.1 Å². The fourth-order valence-electron chi connectivity index (χ4n) is 1.98. The molecule has 0 aliphatic heterocycles. The van der Waals surface area contributed by atoms with Gasteiger partial charge in [0.15, 0.2) is 0 Å². The fraction of sp³-hybridized carbons (Fsp3) is 0.133. The van der Waals surface area contributed by atoms with Gasteiger partial charge in [-0.15, -0.1) is 0 Å². The highest BCUT2D eigenvalue weighted by atomic mass is 15.1. The molecule has 0 atom stereocenters. The zero-order chi connectivity index (χ0) is 13.7. The van der Waals surface area contributed by atoms with Crippen LogP contribution in [0.3, 0.4) is 0 Å². The Labute approximate surface area is 112 Å². The molecule has 19 heavy (non-hydrogen) atoms. The number of nitriles is 2. The van der Waals surface area contributed by atoms with Gasteiger partial charge >= 0.3 is 0 Å². The normalized spacial score (nSPS) is 9.42. The van der Waals surface area contributed by atoms with Gasteiger partial charge in [0.25, 0.3) is 0 Å². The van der Waals surface area contributed by atoms with Gasteiger partial charge < -0.3 is 4.90 Å². The molecule has 4 heteroatoms. The highest BCUT2D eigenvalue weighted by Gasteiger charge is 2.12. The van der Waals surface area contributed by atoms with Crippen molar-refractivity contribution >= 4 is 5.69 Å². The molecule has 0 unspecified atom stereocenters. The number of anilines is 1. The van der Waals surface area contributed by atoms with Crippen molar-refractivity contribution in [1.29, 1.82) is 10.5 Å². The maximum atomic E-state index is 9.15. The largest absolute Gasteiger partial charge is 0.368 e. The highest BCUT2D eigenvalue weighted by molar-refractivity contribution is 5.67. The van der Waals surface area contributed by atoms with E-state index in [0.717, 1.165) is 5.56 Å². The molecule has 0 N–H and O–H groups in total. The topological polar surface area (TPSA) is 63.7 Å². The fourth-order valence-corrected chi connectivity index (χ4v) is 1.98. The highest BCUT2D eigenvalue weighted by Crippen LogP contribution is 2.24. The minimum absolute atomic E-state index is 0.505. The number of pyridine rings is 1. The lowest BCUT2D eigenvalue weighted by atomic mass is 10.1. The first-order chi connectivity index (χ1) is 9.26. The summed E-state index contributed by atoms with van der Waals surface area (Å²) < 4.78 is 0. The lowest BCUT2D eigenvalue weighted by Crippen LogP contribution is -2.19. The predicted octanol–water partition coefficient (Wildman–Crippen LogP) is 2.46. The monoisotopic (exact) mass is 248 g/mol. The Morgan fingerprint density at radius 2 is 1.79 bits per heavy atom. The van der Waals surface area contributed by atoms with Gasteiger partial charge in [-0.1, -0.05) is 12.1 Å². The average Bonchev–Trinajstić information content (AvgIpc) is 2.47. The number of aromatic nitrogens is 1. The number of hydrogen-bond acceptors (Lipinski definition) is 4. The molecule has 1 aromatic carbocycles. The molecule has 0 radical (unpaired) electrons. The maximum absolute atomic E-state index is 9.15. The van der Waals surface area contributed by atoms with Crippen molar-refractivity contribution < 1.29 is 0 Å². The summed E-state index contributed by atoms with van der Waals surface area (Å²) in [4.78, 5) is 5.96. The van der Waals surface area contributed by atoms with E-state index in [-0.39, 0.29) is 0 Å². The molecule has 4 nitrogen and oxygen atoms in total. The van der Waals surface area contributed by atoms with E-state index in [9.17, 15) is 0 Å². The Hall–Kier alpha value is -2.85. The molecule has 0 amide bonds. The van der Waals surface area contributed by atoms with Crippen molar-refractivity contribution in [2.75, 3.05) is 11.9 Å². The molecule has 0 saturated carbocycles. The standard InChI is InChI=1S/C15H12N4/c1-19(11-12-4-3-7-18-10-12)15-13(8-16)5-2-6-14(15)9-17/h2-7,10H,11H2,1H3. The van der Waals surface area contributed by atoms with Crippen LogP contribution in [-0.2, 0) is 6.54 Å². The van der Waals surface area contributed by atoms with E-state index in [1.807, 2.05) is 24.1 Å². The summed E-state index contributed by atoms with van der Waals surface area (Å²) in [6.45, 7) is 0.598. The number of nitrogens with zero attached hydrogens (tertiary/aromatic N) is 4. The van der Waals surface area contributed by atoms with Crippen LogP contribution in [-0.4, -0.2) is 12.0 Å². The summed E-state index contributed by atoms with van der Waals surface area (Å²) in [5.41, 5.74) is 2.70. The molecular weight excluding hydrogens is 236 g/mol. The number of benzene rings is 1. The third-order valence-corrected chi connectivity index (χ3v) is 2.80. The van der Waals surface area contributed by atoms with E-state index in [1.165, 1.54) is 0 Å². The first-order valence-electron chi connectivity index (χ1n) is 5.79. The van der Waals surface area contributed by atoms with E-state index in [4.69, 9.17) is 10.5 Å². The minimum Gasteiger partial charge on any atom is -0.368 e. The van der Waals surface area contributed by atoms with Gasteiger partial charge in [-0.3, -0.25) is 4.98 Å². The molecule has 2 aromatic rings. The molecule has 0 aliphatic carbocycles. The molecule has 2 rings (SSSR count). The average molecular weight is 248 g/mol. The van der Waals surface area contributed by atoms with Crippen LogP contribution in [0.2, 0.25) is 0 Å². The molecule has 0 bridgehead atoms. The van der Waals surface area contributed by atoms with Crippen LogP contribution in [0.1, 0.15) is 16.7 Å². The van der Waals surface area contributed by atoms with Crippen LogP contribution in [0, 0.1) is 22.7 Å². The van der Waals surface area contributed by atoms with Crippen LogP contribution in [0.5, 0.6) is 0 Å². The molecule has 0 aliphatic rings. The minimum atomic E-state index is 0.505. The van der Waals surface area contributed by atoms with Gasteiger partial charge in [-0.2, -0.15) is 10.5 Å². The first kappa shape index (κ1) is 12.6. The quantitative estimate of drug-likeness (QED) is 0.837. The lowest BCUT2D eigenvalue weighted by Gasteiger charge is -2.21. The number of para-hydroxylation sites is 1. The predicted molar refractivity (Wildman–Crippen MR) is 72.2 cm³/mol. The summed E-state index contributed by atoms with van der Waals surface area (Å²) >= 11 is 0. The Bertz CT molecular complexity index is 618. The summed E-state index contributed by atoms with van der Waals surface area (Å²) in [7, 11) is 1.87. The summed E-state index contributed by atoms with van der Waals surface area (Å²) in [5, 5.41) is 18.3. The van der Waals surface area contributed by atoms with Gasteiger partial charge in [0.2, 0.25) is 0 Å². The van der Waals surface area contributed by atoms with Crippen molar-refractivity contribution in [3.05, 3.63) is 59.4 Å². The smallest absolute Gasteiger partial charge is 0.101 e. The van der Waals surface area contributed by atoms with E-state index < -0.39 is 0 Å². The Morgan fingerprint density at radius 3 is 2.32 bits per heavy atom. The molecule has 0 fully saturated rings. The zero-order valence-electron chi connectivity index (χ0n) is 10.5. The van der Waals surface area contributed by atoms with Crippen LogP contribution >= 0.6 is 0 Å². The SMILES string of the molecule is CN(Cc1cccnc1)c1c(C#N)cccc1C#N. The maximum Gasteiger partial charge on any atom is 0.101 e. The zero-order valence-corrected chi connectivity index (χ0v) is 10.5. The van der Waals surface area contributed by atoms with Crippen LogP contribution in [0.4, 0.5) is 5.69 Å². The molecule has 92 valence electrons.